The minimum atomic E-state index is -1.78. The highest BCUT2D eigenvalue weighted by atomic mass is 28.3. The predicted octanol–water partition coefficient (Wildman–Crippen LogP) is 13.9. The van der Waals surface area contributed by atoms with Crippen LogP contribution in [0.25, 0.3) is 22.3 Å². The fourth-order valence-electron chi connectivity index (χ4n) is 11.8. The highest BCUT2D eigenvalue weighted by Crippen LogP contribution is 2.68. The van der Waals surface area contributed by atoms with Gasteiger partial charge < -0.3 is 0 Å². The van der Waals surface area contributed by atoms with E-state index in [1.54, 1.807) is 11.1 Å². The summed E-state index contributed by atoms with van der Waals surface area (Å²) < 4.78 is 0. The molecule has 0 radical (unpaired) electrons. The van der Waals surface area contributed by atoms with Crippen LogP contribution in [0.5, 0.6) is 0 Å². The monoisotopic (exact) mass is 690 g/mol. The van der Waals surface area contributed by atoms with E-state index in [1.807, 2.05) is 0 Å². The summed E-state index contributed by atoms with van der Waals surface area (Å²) in [5, 5.41) is 0. The lowest BCUT2D eigenvalue weighted by atomic mass is 9.75. The van der Waals surface area contributed by atoms with Crippen LogP contribution in [0.3, 0.4) is 0 Å². The van der Waals surface area contributed by atoms with E-state index in [2.05, 4.69) is 171 Å². The molecule has 0 aliphatic heterocycles. The molecule has 0 spiro atoms. The Morgan fingerprint density at radius 1 is 0.588 bits per heavy atom. The van der Waals surface area contributed by atoms with Crippen molar-refractivity contribution in [2.24, 2.45) is 41.4 Å². The van der Waals surface area contributed by atoms with Crippen molar-refractivity contribution < 1.29 is 0 Å². The van der Waals surface area contributed by atoms with E-state index in [0.29, 0.717) is 23.7 Å². The molecule has 1 heteroatoms. The second-order valence-corrected chi connectivity index (χ2v) is 24.9. The molecule has 5 aliphatic carbocycles. The number of hydrogen-bond acceptors (Lipinski definition) is 0. The molecule has 51 heavy (non-hydrogen) atoms. The zero-order valence-corrected chi connectivity index (χ0v) is 33.9. The van der Waals surface area contributed by atoms with E-state index < -0.39 is 8.07 Å². The summed E-state index contributed by atoms with van der Waals surface area (Å²) in [6, 6.07) is 27.9. The summed E-state index contributed by atoms with van der Waals surface area (Å²) in [6.07, 6.45) is 20.9. The molecule has 8 unspecified atom stereocenters. The second kappa shape index (κ2) is 12.8. The van der Waals surface area contributed by atoms with E-state index >= 15 is 0 Å². The maximum absolute atomic E-state index is 2.85. The summed E-state index contributed by atoms with van der Waals surface area (Å²) >= 11 is 0. The van der Waals surface area contributed by atoms with Crippen molar-refractivity contribution in [3.63, 3.8) is 0 Å². The molecule has 8 rings (SSSR count). The van der Waals surface area contributed by atoms with Gasteiger partial charge in [-0.05, 0) is 134 Å². The molecule has 3 aromatic carbocycles. The maximum atomic E-state index is 2.85. The zero-order valence-electron chi connectivity index (χ0n) is 32.9. The number of benzene rings is 3. The minimum Gasteiger partial charge on any atom is -0.0808 e. The van der Waals surface area contributed by atoms with Gasteiger partial charge in [0.25, 0.3) is 0 Å². The van der Waals surface area contributed by atoms with Gasteiger partial charge >= 0.3 is 0 Å². The number of rotatable bonds is 6. The third kappa shape index (κ3) is 6.24. The lowest BCUT2D eigenvalue weighted by Gasteiger charge is -2.46. The first kappa shape index (κ1) is 34.9. The Morgan fingerprint density at radius 3 is 1.75 bits per heavy atom. The third-order valence-electron chi connectivity index (χ3n) is 14.3. The lowest BCUT2D eigenvalue weighted by molar-refractivity contribution is 0.437. The minimum absolute atomic E-state index is 0.125. The van der Waals surface area contributed by atoms with E-state index in [0.717, 1.165) is 28.8 Å². The molecule has 0 N–H and O–H groups in total. The van der Waals surface area contributed by atoms with Crippen molar-refractivity contribution in [3.8, 4) is 11.1 Å². The predicted molar refractivity (Wildman–Crippen MR) is 224 cm³/mol. The first-order chi connectivity index (χ1) is 24.2. The van der Waals surface area contributed by atoms with Gasteiger partial charge in [-0.25, -0.2) is 0 Å². The molecule has 3 aromatic rings. The Hall–Kier alpha value is -3.16. The van der Waals surface area contributed by atoms with Crippen LogP contribution in [0.2, 0.25) is 24.2 Å². The van der Waals surface area contributed by atoms with Gasteiger partial charge in [-0.1, -0.05) is 171 Å². The summed E-state index contributed by atoms with van der Waals surface area (Å²) in [4.78, 5) is 0. The molecule has 0 nitrogen and oxygen atoms in total. The standard InChI is InChI=1S/C50H62Si/c1-32-27-45-39(35-28-36(49(2,3)4)30-37(29-35)50(5,6)7)21-15-23-42(45)47(32)51(8,9)48-43-24-16-22-41(46(43)31-44(48)34-25-26-34)40-20-14-13-19-38(40)33-17-11-10-12-18-33/h10-24,28-30,32,34,42-48H,25-27,31H2,1-9H3. The largest absolute Gasteiger partial charge is 0.0808 e. The number of fused-ring (bicyclic) bond motifs is 2. The first-order valence-electron chi connectivity index (χ1n) is 20.3. The van der Waals surface area contributed by atoms with Gasteiger partial charge in [-0.2, -0.15) is 0 Å². The van der Waals surface area contributed by atoms with E-state index in [9.17, 15) is 0 Å². The Kier molecular flexibility index (Phi) is 8.73. The Labute approximate surface area is 311 Å². The van der Waals surface area contributed by atoms with Gasteiger partial charge in [-0.15, -0.1) is 0 Å². The molecule has 0 aromatic heterocycles. The van der Waals surface area contributed by atoms with Crippen LogP contribution < -0.4 is 0 Å². The van der Waals surface area contributed by atoms with Gasteiger partial charge in [0, 0.05) is 0 Å². The molecular formula is C50H62Si. The van der Waals surface area contributed by atoms with Crippen molar-refractivity contribution in [1.29, 1.82) is 0 Å². The van der Waals surface area contributed by atoms with Crippen LogP contribution in [0.4, 0.5) is 0 Å². The molecule has 5 aliphatic rings. The molecule has 3 fully saturated rings. The van der Waals surface area contributed by atoms with Gasteiger partial charge in [-0.3, -0.25) is 0 Å². The van der Waals surface area contributed by atoms with E-state index in [4.69, 9.17) is 0 Å². The van der Waals surface area contributed by atoms with Crippen molar-refractivity contribution in [2.45, 2.75) is 109 Å². The summed E-state index contributed by atoms with van der Waals surface area (Å²) in [5.41, 5.74) is 13.7. The van der Waals surface area contributed by atoms with Gasteiger partial charge in [0.05, 0.1) is 8.07 Å². The van der Waals surface area contributed by atoms with Crippen molar-refractivity contribution in [2.75, 3.05) is 0 Å². The molecule has 0 amide bonds. The fraction of sp³-hybridized carbons (Fsp3) is 0.480. The Morgan fingerprint density at radius 2 is 1.14 bits per heavy atom. The van der Waals surface area contributed by atoms with Crippen LogP contribution >= 0.6 is 0 Å². The Bertz CT molecular complexity index is 1870. The average Bonchev–Trinajstić information content (AvgIpc) is 3.77. The second-order valence-electron chi connectivity index (χ2n) is 19.9. The van der Waals surface area contributed by atoms with Gasteiger partial charge in [0.15, 0.2) is 0 Å². The quantitative estimate of drug-likeness (QED) is 0.226. The van der Waals surface area contributed by atoms with Gasteiger partial charge in [0.1, 0.15) is 0 Å². The normalized spacial score (nSPS) is 30.5. The number of hydrogen-bond donors (Lipinski definition) is 0. The molecule has 3 saturated carbocycles. The van der Waals surface area contributed by atoms with Crippen LogP contribution in [0, 0.1) is 41.4 Å². The van der Waals surface area contributed by atoms with Crippen molar-refractivity contribution in [3.05, 3.63) is 132 Å². The van der Waals surface area contributed by atoms with Gasteiger partial charge in [0.2, 0.25) is 0 Å². The molecule has 266 valence electrons. The smallest absolute Gasteiger partial charge is 0.0553 e. The zero-order chi connectivity index (χ0) is 35.9. The fourth-order valence-corrected chi connectivity index (χ4v) is 18.1. The molecule has 0 bridgehead atoms. The summed E-state index contributed by atoms with van der Waals surface area (Å²) in [7, 11) is -1.78. The van der Waals surface area contributed by atoms with Crippen LogP contribution in [0.1, 0.15) is 96.4 Å². The van der Waals surface area contributed by atoms with E-state index in [1.165, 1.54) is 59.1 Å². The molecule has 0 saturated heterocycles. The molecule has 8 atom stereocenters. The van der Waals surface area contributed by atoms with Crippen molar-refractivity contribution in [1.82, 2.24) is 0 Å². The molecular weight excluding hydrogens is 629 g/mol. The Balaban J connectivity index is 1.13. The number of allylic oxidation sites excluding steroid dienone is 8. The van der Waals surface area contributed by atoms with Crippen LogP contribution in [0.15, 0.2) is 109 Å². The van der Waals surface area contributed by atoms with Crippen LogP contribution in [-0.2, 0) is 10.8 Å². The highest BCUT2D eigenvalue weighted by Gasteiger charge is 2.60. The first-order valence-corrected chi connectivity index (χ1v) is 23.5. The summed E-state index contributed by atoms with van der Waals surface area (Å²) in [6.45, 7) is 22.6. The maximum Gasteiger partial charge on any atom is 0.0553 e. The molecule has 0 heterocycles. The van der Waals surface area contributed by atoms with E-state index in [-0.39, 0.29) is 10.8 Å². The lowest BCUT2D eigenvalue weighted by Crippen LogP contribution is -2.46. The highest BCUT2D eigenvalue weighted by molar-refractivity contribution is 6.80. The third-order valence-corrected chi connectivity index (χ3v) is 19.5. The van der Waals surface area contributed by atoms with Crippen molar-refractivity contribution >= 4 is 19.2 Å². The topological polar surface area (TPSA) is 0 Å². The average molecular weight is 691 g/mol. The summed E-state index contributed by atoms with van der Waals surface area (Å²) in [5.74, 6) is 5.11. The van der Waals surface area contributed by atoms with Crippen LogP contribution in [-0.4, -0.2) is 8.07 Å². The SMILES string of the molecule is CC1CC2C(c3cc(C(C)(C)C)cc(C(C)(C)C)c3)=CC=CC2C1[Si](C)(C)C1C2C=CC=C(c3ccccc3-c3ccccc3)C2CC1C1CC1.